The van der Waals surface area contributed by atoms with E-state index in [0.29, 0.717) is 0 Å². The van der Waals surface area contributed by atoms with Gasteiger partial charge in [-0.25, -0.2) is 0 Å². The normalized spacial score (nSPS) is 51.3. The minimum atomic E-state index is -1.58. The third-order valence-electron chi connectivity index (χ3n) is 6.27. The van der Waals surface area contributed by atoms with Crippen molar-refractivity contribution >= 4 is 35.3 Å². The van der Waals surface area contributed by atoms with Gasteiger partial charge in [-0.15, -0.1) is 35.3 Å². The Labute approximate surface area is 214 Å². The average Bonchev–Trinajstić information content (AvgIpc) is 2.85. The zero-order chi connectivity index (χ0) is 26.0. The van der Waals surface area contributed by atoms with E-state index >= 15 is 0 Å². The van der Waals surface area contributed by atoms with Crippen LogP contribution in [0.5, 0.6) is 0 Å². The summed E-state index contributed by atoms with van der Waals surface area (Å²) < 4.78 is 16.8. The number of hydrogen-bond acceptors (Lipinski definition) is 16. The third kappa shape index (κ3) is 6.58. The smallest absolute Gasteiger partial charge is 0.132 e. The molecular weight excluding hydrogens is 532 g/mol. The fourth-order valence-corrected chi connectivity index (χ4v) is 7.19. The summed E-state index contributed by atoms with van der Waals surface area (Å²) in [6, 6.07) is 0. The van der Waals surface area contributed by atoms with Crippen molar-refractivity contribution in [3.63, 3.8) is 0 Å². The van der Waals surface area contributed by atoms with E-state index in [1.165, 1.54) is 0 Å². The lowest BCUT2D eigenvalue weighted by Crippen LogP contribution is -2.59. The van der Waals surface area contributed by atoms with E-state index in [1.54, 1.807) is 6.26 Å². The van der Waals surface area contributed by atoms with E-state index in [-0.39, 0.29) is 11.5 Å². The molecule has 13 nitrogen and oxygen atoms in total. The zero-order valence-corrected chi connectivity index (χ0v) is 21.2. The average molecular weight is 567 g/mol. The number of thioether (sulfide) groups is 3. The summed E-state index contributed by atoms with van der Waals surface area (Å²) in [6.07, 6.45) is -14.6. The first-order chi connectivity index (χ1) is 16.5. The second-order valence-electron chi connectivity index (χ2n) is 8.63. The molecule has 0 unspecified atom stereocenters. The van der Waals surface area contributed by atoms with Gasteiger partial charge < -0.3 is 65.3 Å². The molecule has 0 aliphatic carbocycles. The molecule has 3 saturated heterocycles. The summed E-state index contributed by atoms with van der Waals surface area (Å²) in [6.45, 7) is -0.591. The van der Waals surface area contributed by atoms with Crippen LogP contribution < -0.4 is 0 Å². The van der Waals surface area contributed by atoms with Crippen LogP contribution in [0.2, 0.25) is 0 Å². The zero-order valence-electron chi connectivity index (χ0n) is 18.7. The van der Waals surface area contributed by atoms with Gasteiger partial charge in [-0.2, -0.15) is 0 Å². The van der Waals surface area contributed by atoms with Crippen molar-refractivity contribution in [2.45, 2.75) is 89.6 Å². The van der Waals surface area contributed by atoms with E-state index in [4.69, 9.17) is 14.2 Å². The summed E-state index contributed by atoms with van der Waals surface area (Å²) in [5, 5.41) is 101. The minimum Gasteiger partial charge on any atom is -0.394 e. The van der Waals surface area contributed by atoms with Crippen molar-refractivity contribution in [3.8, 4) is 0 Å². The van der Waals surface area contributed by atoms with E-state index < -0.39 is 96.2 Å². The fourth-order valence-electron chi connectivity index (χ4n) is 4.03. The van der Waals surface area contributed by atoms with Gasteiger partial charge in [0.2, 0.25) is 0 Å². The molecule has 0 saturated carbocycles. The number of hydrogen-bond donors (Lipinski definition) is 10. The number of rotatable bonds is 8. The van der Waals surface area contributed by atoms with E-state index in [1.807, 2.05) is 0 Å². The molecule has 10 N–H and O–H groups in total. The Morgan fingerprint density at radius 1 is 0.486 bits per heavy atom. The molecule has 0 spiro atoms. The Morgan fingerprint density at radius 2 is 0.829 bits per heavy atom. The highest BCUT2D eigenvalue weighted by atomic mass is 32.2. The molecule has 3 fully saturated rings. The fraction of sp³-hybridized carbons (Fsp3) is 1.00. The lowest BCUT2D eigenvalue weighted by atomic mass is 10.0. The van der Waals surface area contributed by atoms with Gasteiger partial charge in [0.15, 0.2) is 0 Å². The first-order valence-corrected chi connectivity index (χ1v) is 14.4. The second kappa shape index (κ2) is 13.1. The molecule has 35 heavy (non-hydrogen) atoms. The lowest BCUT2D eigenvalue weighted by Gasteiger charge is -2.43. The first kappa shape index (κ1) is 30.1. The molecule has 3 aliphatic heterocycles. The number of aliphatic hydroxyl groups excluding tert-OH is 10. The third-order valence-corrected chi connectivity index (χ3v) is 9.60. The van der Waals surface area contributed by atoms with E-state index in [2.05, 4.69) is 0 Å². The van der Waals surface area contributed by atoms with Crippen molar-refractivity contribution in [3.05, 3.63) is 0 Å². The summed E-state index contributed by atoms with van der Waals surface area (Å²) >= 11 is 3.07. The van der Waals surface area contributed by atoms with Gasteiger partial charge in [-0.3, -0.25) is 0 Å². The van der Waals surface area contributed by atoms with Gasteiger partial charge in [0.05, 0.1) is 18.8 Å². The predicted molar refractivity (Wildman–Crippen MR) is 126 cm³/mol. The summed E-state index contributed by atoms with van der Waals surface area (Å²) in [5.41, 5.74) is -2.90. The molecule has 0 bridgehead atoms. The molecule has 0 amide bonds. The van der Waals surface area contributed by atoms with Crippen LogP contribution in [0.1, 0.15) is 0 Å². The van der Waals surface area contributed by atoms with Crippen LogP contribution in [0, 0.1) is 0 Å². The topological polar surface area (TPSA) is 230 Å². The summed E-state index contributed by atoms with van der Waals surface area (Å²) in [4.78, 5) is 0. The van der Waals surface area contributed by atoms with Crippen LogP contribution in [0.25, 0.3) is 0 Å². The largest absolute Gasteiger partial charge is 0.394 e. The van der Waals surface area contributed by atoms with E-state index in [0.717, 1.165) is 35.3 Å². The number of aliphatic hydroxyl groups is 10. The maximum atomic E-state index is 10.4. The molecular formula is C19H34O13S3. The van der Waals surface area contributed by atoms with Crippen molar-refractivity contribution in [1.82, 2.24) is 0 Å². The first-order valence-electron chi connectivity index (χ1n) is 11.0. The quantitative estimate of drug-likeness (QED) is 0.133. The summed E-state index contributed by atoms with van der Waals surface area (Å²) in [7, 11) is 0. The molecule has 3 aliphatic rings. The maximum absolute atomic E-state index is 10.4. The van der Waals surface area contributed by atoms with Crippen LogP contribution in [0.15, 0.2) is 0 Å². The molecule has 0 aromatic heterocycles. The predicted octanol–water partition coefficient (Wildman–Crippen LogP) is -4.77. The van der Waals surface area contributed by atoms with Crippen molar-refractivity contribution in [2.24, 2.45) is 0 Å². The van der Waals surface area contributed by atoms with Crippen molar-refractivity contribution < 1.29 is 65.3 Å². The Kier molecular flexibility index (Phi) is 11.2. The minimum absolute atomic E-state index is 0.0269. The van der Waals surface area contributed by atoms with Gasteiger partial charge >= 0.3 is 0 Å². The highest BCUT2D eigenvalue weighted by Crippen LogP contribution is 2.36. The monoisotopic (exact) mass is 566 g/mol. The van der Waals surface area contributed by atoms with Crippen molar-refractivity contribution in [1.29, 1.82) is 0 Å². The molecule has 3 rings (SSSR count). The van der Waals surface area contributed by atoms with E-state index in [9.17, 15) is 51.1 Å². The van der Waals surface area contributed by atoms with Crippen LogP contribution in [0.4, 0.5) is 0 Å². The number of ether oxygens (including phenoxy) is 3. The molecule has 15 atom stereocenters. The van der Waals surface area contributed by atoms with Gasteiger partial charge in [0.1, 0.15) is 77.3 Å². The maximum Gasteiger partial charge on any atom is 0.132 e. The van der Waals surface area contributed by atoms with Gasteiger partial charge in [-0.1, -0.05) is 0 Å². The molecule has 0 aromatic rings. The van der Waals surface area contributed by atoms with Crippen LogP contribution >= 0.6 is 35.3 Å². The Balaban J connectivity index is 1.59. The molecule has 3 heterocycles. The SMILES string of the molecule is CS[C@@H]1O[C@H](CS[C@@H]2O[C@H](CS[C@@H]3O[C@H](CO)[C@@H](O)[C@H](O)[C@H]3O)[C@@H](O)[C@H](O)[C@H]2O)[C@@H](O)[C@H](O)[C@H]1O. The molecule has 0 radical (unpaired) electrons. The van der Waals surface area contributed by atoms with Crippen LogP contribution in [-0.2, 0) is 14.2 Å². The standard InChI is InChI=1S/C19H34O13S3/c1-33-17-14(27)12(25)9(22)6(31-17)3-35-19-16(29)13(26)10(23)7(32-19)4-34-18-15(28)11(24)8(21)5(2-20)30-18/h5-29H,2-4H2,1H3/t5-,6-,7-,8-,9-,10-,11+,12+,13+,14-,15-,16-,17+,18+,19+/m1/s1. The molecule has 206 valence electrons. The second-order valence-corrected chi connectivity index (χ2v) is 11.8. The highest BCUT2D eigenvalue weighted by Gasteiger charge is 2.48. The molecule has 0 aromatic carbocycles. The highest BCUT2D eigenvalue weighted by molar-refractivity contribution is 8.00. The van der Waals surface area contributed by atoms with Crippen LogP contribution in [-0.4, -0.2) is 165 Å². The van der Waals surface area contributed by atoms with Gasteiger partial charge in [0.25, 0.3) is 0 Å². The van der Waals surface area contributed by atoms with Gasteiger partial charge in [0, 0.05) is 11.5 Å². The Morgan fingerprint density at radius 3 is 1.23 bits per heavy atom. The van der Waals surface area contributed by atoms with Gasteiger partial charge in [-0.05, 0) is 6.26 Å². The Bertz CT molecular complexity index is 611. The summed E-state index contributed by atoms with van der Waals surface area (Å²) in [5.74, 6) is -0.0220. The van der Waals surface area contributed by atoms with Crippen molar-refractivity contribution in [2.75, 3.05) is 24.4 Å². The lowest BCUT2D eigenvalue weighted by molar-refractivity contribution is -0.206. The van der Waals surface area contributed by atoms with Crippen LogP contribution in [0.3, 0.4) is 0 Å². The molecule has 16 heteroatoms. The Hall–Kier alpha value is 0.530.